The molecule has 2 saturated carbocycles. The van der Waals surface area contributed by atoms with Gasteiger partial charge in [0.15, 0.2) is 0 Å². The Hall–Kier alpha value is -1.07. The van der Waals surface area contributed by atoms with Gasteiger partial charge in [-0.1, -0.05) is 0 Å². The van der Waals surface area contributed by atoms with Crippen molar-refractivity contribution in [3.63, 3.8) is 0 Å². The highest BCUT2D eigenvalue weighted by atomic mass is 32.2. The summed E-state index contributed by atoms with van der Waals surface area (Å²) in [5.41, 5.74) is 2.18. The highest BCUT2D eigenvalue weighted by Gasteiger charge is 2.41. The van der Waals surface area contributed by atoms with Crippen LogP contribution in [0.25, 0.3) is 0 Å². The van der Waals surface area contributed by atoms with E-state index in [0.29, 0.717) is 17.4 Å². The summed E-state index contributed by atoms with van der Waals surface area (Å²) >= 11 is 0. The van der Waals surface area contributed by atoms with Crippen molar-refractivity contribution in [3.8, 4) is 0 Å². The summed E-state index contributed by atoms with van der Waals surface area (Å²) in [6.45, 7) is 1.52. The van der Waals surface area contributed by atoms with Crippen molar-refractivity contribution in [2.45, 2.75) is 37.0 Å². The molecule has 1 aliphatic heterocycles. The molecule has 0 saturated heterocycles. The molecular formula is C16H22N2O2S. The summed E-state index contributed by atoms with van der Waals surface area (Å²) in [6.07, 6.45) is 6.05. The van der Waals surface area contributed by atoms with Gasteiger partial charge < -0.3 is 5.32 Å². The van der Waals surface area contributed by atoms with Crippen LogP contribution in [0, 0.1) is 17.8 Å². The monoisotopic (exact) mass is 306 g/mol. The van der Waals surface area contributed by atoms with Crippen LogP contribution in [0.5, 0.6) is 0 Å². The van der Waals surface area contributed by atoms with Crippen LogP contribution in [0.15, 0.2) is 23.1 Å². The molecule has 1 heterocycles. The number of benzene rings is 1. The van der Waals surface area contributed by atoms with Crippen molar-refractivity contribution in [2.24, 2.45) is 17.8 Å². The number of hydrogen-bond acceptors (Lipinski definition) is 3. The van der Waals surface area contributed by atoms with Crippen molar-refractivity contribution in [1.82, 2.24) is 4.72 Å². The van der Waals surface area contributed by atoms with Crippen LogP contribution in [0.1, 0.15) is 31.2 Å². The van der Waals surface area contributed by atoms with Crippen molar-refractivity contribution >= 4 is 15.7 Å². The number of sulfonamides is 1. The SMILES string of the molecule is O=S(=O)(NCC(C1CC1)C1CC1)c1ccc2c(c1)CCN2. The van der Waals surface area contributed by atoms with E-state index in [1.165, 1.54) is 25.7 Å². The second kappa shape index (κ2) is 4.99. The first-order valence-corrected chi connectivity index (χ1v) is 9.48. The predicted octanol–water partition coefficient (Wildman–Crippen LogP) is 2.37. The van der Waals surface area contributed by atoms with Crippen LogP contribution in [0.3, 0.4) is 0 Å². The summed E-state index contributed by atoms with van der Waals surface area (Å²) in [4.78, 5) is 0.412. The lowest BCUT2D eigenvalue weighted by molar-refractivity contribution is 0.401. The van der Waals surface area contributed by atoms with E-state index < -0.39 is 10.0 Å². The van der Waals surface area contributed by atoms with Gasteiger partial charge in [-0.25, -0.2) is 13.1 Å². The number of nitrogens with one attached hydrogen (secondary N) is 2. The molecule has 5 heteroatoms. The Kier molecular flexibility index (Phi) is 3.23. The Morgan fingerprint density at radius 2 is 1.90 bits per heavy atom. The van der Waals surface area contributed by atoms with Gasteiger partial charge in [0, 0.05) is 18.8 Å². The van der Waals surface area contributed by atoms with Gasteiger partial charge >= 0.3 is 0 Å². The van der Waals surface area contributed by atoms with Gasteiger partial charge in [-0.2, -0.15) is 0 Å². The average Bonchev–Trinajstić information content (AvgIpc) is 3.38. The number of hydrogen-bond donors (Lipinski definition) is 2. The summed E-state index contributed by atoms with van der Waals surface area (Å²) in [6, 6.07) is 5.42. The second-order valence-corrected chi connectivity index (χ2v) is 8.45. The molecule has 0 spiro atoms. The zero-order valence-corrected chi connectivity index (χ0v) is 13.0. The molecule has 4 rings (SSSR count). The first kappa shape index (κ1) is 13.6. The van der Waals surface area contributed by atoms with Crippen LogP contribution in [-0.4, -0.2) is 21.5 Å². The fraction of sp³-hybridized carbons (Fsp3) is 0.625. The van der Waals surface area contributed by atoms with Gasteiger partial charge in [0.2, 0.25) is 10.0 Å². The van der Waals surface area contributed by atoms with E-state index in [1.54, 1.807) is 6.07 Å². The van der Waals surface area contributed by atoms with Crippen molar-refractivity contribution < 1.29 is 8.42 Å². The van der Waals surface area contributed by atoms with Crippen LogP contribution < -0.4 is 10.0 Å². The van der Waals surface area contributed by atoms with Gasteiger partial charge in [-0.05, 0) is 73.6 Å². The first-order chi connectivity index (χ1) is 10.1. The number of fused-ring (bicyclic) bond motifs is 1. The van der Waals surface area contributed by atoms with E-state index in [2.05, 4.69) is 10.0 Å². The fourth-order valence-corrected chi connectivity index (χ4v) is 4.63. The minimum Gasteiger partial charge on any atom is -0.384 e. The fourth-order valence-electron chi connectivity index (χ4n) is 3.50. The zero-order chi connectivity index (χ0) is 14.4. The second-order valence-electron chi connectivity index (χ2n) is 6.69. The molecule has 2 N–H and O–H groups in total. The lowest BCUT2D eigenvalue weighted by Crippen LogP contribution is -2.31. The molecule has 1 aromatic rings. The molecule has 2 aliphatic carbocycles. The third-order valence-electron chi connectivity index (χ3n) is 5.06. The molecule has 0 aromatic heterocycles. The van der Waals surface area contributed by atoms with Crippen LogP contribution >= 0.6 is 0 Å². The zero-order valence-electron chi connectivity index (χ0n) is 12.1. The van der Waals surface area contributed by atoms with Gasteiger partial charge in [-0.15, -0.1) is 0 Å². The molecule has 0 bridgehead atoms. The normalized spacial score (nSPS) is 21.4. The molecule has 0 radical (unpaired) electrons. The summed E-state index contributed by atoms with van der Waals surface area (Å²) < 4.78 is 27.8. The molecule has 4 nitrogen and oxygen atoms in total. The van der Waals surface area contributed by atoms with Crippen LogP contribution in [-0.2, 0) is 16.4 Å². The van der Waals surface area contributed by atoms with E-state index in [0.717, 1.165) is 36.1 Å². The third-order valence-corrected chi connectivity index (χ3v) is 6.48. The Morgan fingerprint density at radius 3 is 2.57 bits per heavy atom. The van der Waals surface area contributed by atoms with Crippen molar-refractivity contribution in [3.05, 3.63) is 23.8 Å². The van der Waals surface area contributed by atoms with E-state index in [1.807, 2.05) is 12.1 Å². The lowest BCUT2D eigenvalue weighted by atomic mass is 9.99. The molecule has 0 unspecified atom stereocenters. The standard InChI is InChI=1S/C16H22N2O2S/c19-21(20,14-5-6-16-13(9-14)7-8-17-16)18-10-15(11-1-2-11)12-3-4-12/h5-6,9,11-12,15,17-18H,1-4,7-8,10H2. The first-order valence-electron chi connectivity index (χ1n) is 8.00. The van der Waals surface area contributed by atoms with Gasteiger partial charge in [0.1, 0.15) is 0 Å². The Morgan fingerprint density at radius 1 is 1.19 bits per heavy atom. The predicted molar refractivity (Wildman–Crippen MR) is 82.8 cm³/mol. The maximum absolute atomic E-state index is 12.5. The summed E-state index contributed by atoms with van der Waals surface area (Å²) in [5.74, 6) is 2.10. The average molecular weight is 306 g/mol. The number of anilines is 1. The molecule has 0 amide bonds. The molecule has 0 atom stereocenters. The quantitative estimate of drug-likeness (QED) is 0.848. The molecule has 2 fully saturated rings. The minimum atomic E-state index is -3.37. The smallest absolute Gasteiger partial charge is 0.240 e. The lowest BCUT2D eigenvalue weighted by Gasteiger charge is -2.16. The number of rotatable bonds is 6. The largest absolute Gasteiger partial charge is 0.384 e. The van der Waals surface area contributed by atoms with Gasteiger partial charge in [0.05, 0.1) is 4.90 Å². The van der Waals surface area contributed by atoms with Gasteiger partial charge in [-0.3, -0.25) is 0 Å². The van der Waals surface area contributed by atoms with Gasteiger partial charge in [0.25, 0.3) is 0 Å². The van der Waals surface area contributed by atoms with E-state index in [4.69, 9.17) is 0 Å². The maximum atomic E-state index is 12.5. The molecular weight excluding hydrogens is 284 g/mol. The molecule has 114 valence electrons. The molecule has 3 aliphatic rings. The molecule has 21 heavy (non-hydrogen) atoms. The van der Waals surface area contributed by atoms with Crippen LogP contribution in [0.2, 0.25) is 0 Å². The minimum absolute atomic E-state index is 0.412. The Bertz CT molecular complexity index is 636. The van der Waals surface area contributed by atoms with E-state index in [-0.39, 0.29) is 0 Å². The summed E-state index contributed by atoms with van der Waals surface area (Å²) in [7, 11) is -3.37. The Labute approximate surface area is 126 Å². The van der Waals surface area contributed by atoms with Crippen molar-refractivity contribution in [1.29, 1.82) is 0 Å². The molecule has 1 aromatic carbocycles. The third kappa shape index (κ3) is 2.81. The Balaban J connectivity index is 1.47. The maximum Gasteiger partial charge on any atom is 0.240 e. The van der Waals surface area contributed by atoms with E-state index >= 15 is 0 Å². The topological polar surface area (TPSA) is 58.2 Å². The van der Waals surface area contributed by atoms with Crippen molar-refractivity contribution in [2.75, 3.05) is 18.4 Å². The summed E-state index contributed by atoms with van der Waals surface area (Å²) in [5, 5.41) is 3.26. The highest BCUT2D eigenvalue weighted by molar-refractivity contribution is 7.89. The van der Waals surface area contributed by atoms with Crippen LogP contribution in [0.4, 0.5) is 5.69 Å². The van der Waals surface area contributed by atoms with E-state index in [9.17, 15) is 8.42 Å². The highest BCUT2D eigenvalue weighted by Crippen LogP contribution is 2.48.